The van der Waals surface area contributed by atoms with Crippen LogP contribution in [0.2, 0.25) is 10.0 Å². The maximum absolute atomic E-state index is 13.1. The van der Waals surface area contributed by atoms with Crippen molar-refractivity contribution in [2.24, 2.45) is 0 Å². The van der Waals surface area contributed by atoms with Gasteiger partial charge in [-0.1, -0.05) is 64.7 Å². The molecule has 4 rings (SSSR count). The van der Waals surface area contributed by atoms with Crippen LogP contribution < -0.4 is 15.0 Å². The molecule has 1 fully saturated rings. The van der Waals surface area contributed by atoms with E-state index in [0.717, 1.165) is 27.2 Å². The number of nitrogens with one attached hydrogen (secondary N) is 1. The Morgan fingerprint density at radius 1 is 0.886 bits per heavy atom. The van der Waals surface area contributed by atoms with Gasteiger partial charge in [-0.3, -0.25) is 14.9 Å². The molecular weight excluding hydrogens is 487 g/mol. The highest BCUT2D eigenvalue weighted by Gasteiger charge is 2.37. The zero-order valence-corrected chi connectivity index (χ0v) is 20.8. The number of amides is 4. The van der Waals surface area contributed by atoms with Crippen molar-refractivity contribution in [1.29, 1.82) is 0 Å². The van der Waals surface area contributed by atoms with Crippen LogP contribution >= 0.6 is 23.2 Å². The van der Waals surface area contributed by atoms with Crippen LogP contribution in [-0.2, 0) is 16.2 Å². The van der Waals surface area contributed by atoms with Gasteiger partial charge in [0.15, 0.2) is 0 Å². The molecule has 0 aromatic heterocycles. The third-order valence-corrected chi connectivity index (χ3v) is 6.16. The second-order valence-electron chi connectivity index (χ2n) is 8.37. The first-order valence-corrected chi connectivity index (χ1v) is 11.5. The van der Waals surface area contributed by atoms with Crippen molar-refractivity contribution in [2.75, 3.05) is 4.90 Å². The molecule has 1 saturated heterocycles. The van der Waals surface area contributed by atoms with Gasteiger partial charge in [0.25, 0.3) is 11.8 Å². The van der Waals surface area contributed by atoms with Crippen molar-refractivity contribution in [2.45, 2.75) is 27.4 Å². The molecule has 6 nitrogen and oxygen atoms in total. The number of urea groups is 1. The van der Waals surface area contributed by atoms with Gasteiger partial charge in [0, 0.05) is 5.02 Å². The van der Waals surface area contributed by atoms with Crippen molar-refractivity contribution in [3.05, 3.63) is 98.0 Å². The van der Waals surface area contributed by atoms with Gasteiger partial charge in [-0.2, -0.15) is 0 Å². The Morgan fingerprint density at radius 2 is 1.60 bits per heavy atom. The number of carbonyl (C=O) groups is 3. The maximum Gasteiger partial charge on any atom is 0.335 e. The molecule has 1 aliphatic heterocycles. The van der Waals surface area contributed by atoms with Gasteiger partial charge in [0.05, 0.1) is 10.7 Å². The van der Waals surface area contributed by atoms with Crippen LogP contribution in [0.15, 0.2) is 60.2 Å². The summed E-state index contributed by atoms with van der Waals surface area (Å²) in [5.41, 5.74) is 4.66. The van der Waals surface area contributed by atoms with Gasteiger partial charge in [-0.25, -0.2) is 9.69 Å². The molecule has 178 valence electrons. The van der Waals surface area contributed by atoms with E-state index in [0.29, 0.717) is 28.0 Å². The van der Waals surface area contributed by atoms with Gasteiger partial charge < -0.3 is 4.74 Å². The lowest BCUT2D eigenvalue weighted by molar-refractivity contribution is -0.122. The predicted octanol–water partition coefficient (Wildman–Crippen LogP) is 6.16. The number of carbonyl (C=O) groups excluding carboxylic acids is 3. The summed E-state index contributed by atoms with van der Waals surface area (Å²) in [5, 5.41) is 2.92. The predicted molar refractivity (Wildman–Crippen MR) is 137 cm³/mol. The van der Waals surface area contributed by atoms with E-state index >= 15 is 0 Å². The van der Waals surface area contributed by atoms with Crippen LogP contribution in [0.25, 0.3) is 6.08 Å². The molecular formula is C27H22Cl2N2O4. The quantitative estimate of drug-likeness (QED) is 0.330. The minimum Gasteiger partial charge on any atom is -0.487 e. The molecule has 0 saturated carbocycles. The van der Waals surface area contributed by atoms with Gasteiger partial charge in [-0.15, -0.1) is 0 Å². The van der Waals surface area contributed by atoms with Gasteiger partial charge >= 0.3 is 6.03 Å². The Morgan fingerprint density at radius 3 is 2.26 bits per heavy atom. The highest BCUT2D eigenvalue weighted by atomic mass is 35.5. The lowest BCUT2D eigenvalue weighted by Gasteiger charge is -2.26. The topological polar surface area (TPSA) is 75.7 Å². The number of barbiturate groups is 1. The van der Waals surface area contributed by atoms with Crippen molar-refractivity contribution >= 4 is 52.8 Å². The van der Waals surface area contributed by atoms with E-state index in [1.165, 1.54) is 12.1 Å². The number of imide groups is 2. The molecule has 4 amide bonds. The number of nitrogens with zero attached hydrogens (tertiary/aromatic N) is 1. The van der Waals surface area contributed by atoms with Gasteiger partial charge in [0.2, 0.25) is 0 Å². The van der Waals surface area contributed by atoms with E-state index in [1.54, 1.807) is 37.3 Å². The lowest BCUT2D eigenvalue weighted by atomic mass is 10.1. The van der Waals surface area contributed by atoms with E-state index in [-0.39, 0.29) is 11.3 Å². The van der Waals surface area contributed by atoms with Crippen LogP contribution in [0.5, 0.6) is 5.75 Å². The number of hydrogen-bond donors (Lipinski definition) is 1. The molecule has 0 spiro atoms. The first-order valence-electron chi connectivity index (χ1n) is 10.8. The number of rotatable bonds is 5. The lowest BCUT2D eigenvalue weighted by Crippen LogP contribution is -2.54. The third kappa shape index (κ3) is 5.39. The normalized spacial score (nSPS) is 14.9. The van der Waals surface area contributed by atoms with Crippen molar-refractivity contribution in [3.8, 4) is 5.75 Å². The smallest absolute Gasteiger partial charge is 0.335 e. The Kier molecular flexibility index (Phi) is 6.96. The second kappa shape index (κ2) is 9.94. The fourth-order valence-electron chi connectivity index (χ4n) is 3.82. The zero-order valence-electron chi connectivity index (χ0n) is 19.3. The number of aryl methyl sites for hydroxylation is 3. The van der Waals surface area contributed by atoms with E-state index in [1.807, 2.05) is 26.0 Å². The Hall–Kier alpha value is -3.61. The Bertz CT molecular complexity index is 1380. The Labute approximate surface area is 213 Å². The summed E-state index contributed by atoms with van der Waals surface area (Å²) in [6.45, 7) is 6.20. The maximum atomic E-state index is 13.1. The molecule has 35 heavy (non-hydrogen) atoms. The molecule has 3 aromatic rings. The van der Waals surface area contributed by atoms with E-state index in [2.05, 4.69) is 11.4 Å². The molecule has 1 N–H and O–H groups in total. The zero-order chi connectivity index (χ0) is 25.3. The van der Waals surface area contributed by atoms with Crippen molar-refractivity contribution < 1.29 is 19.1 Å². The highest BCUT2D eigenvalue weighted by molar-refractivity contribution is 6.39. The molecule has 8 heteroatoms. The van der Waals surface area contributed by atoms with Crippen LogP contribution in [0.3, 0.4) is 0 Å². The van der Waals surface area contributed by atoms with Crippen LogP contribution in [-0.4, -0.2) is 17.8 Å². The summed E-state index contributed by atoms with van der Waals surface area (Å²) >= 11 is 12.6. The molecule has 0 unspecified atom stereocenters. The third-order valence-electron chi connectivity index (χ3n) is 5.46. The SMILES string of the molecule is Cc1cc(C)cc(COc2ccc(/C=C3\C(=O)NC(=O)N(c4ccc(C)c(Cl)c4)C3=O)cc2Cl)c1. The number of benzene rings is 3. The summed E-state index contributed by atoms with van der Waals surface area (Å²) in [6.07, 6.45) is 1.38. The molecule has 0 radical (unpaired) electrons. The second-order valence-corrected chi connectivity index (χ2v) is 9.18. The van der Waals surface area contributed by atoms with Crippen molar-refractivity contribution in [3.63, 3.8) is 0 Å². The van der Waals surface area contributed by atoms with Gasteiger partial charge in [0.1, 0.15) is 17.9 Å². The number of anilines is 1. The average molecular weight is 509 g/mol. The van der Waals surface area contributed by atoms with Gasteiger partial charge in [-0.05, 0) is 67.8 Å². The summed E-state index contributed by atoms with van der Waals surface area (Å²) < 4.78 is 5.87. The van der Waals surface area contributed by atoms with Crippen LogP contribution in [0, 0.1) is 20.8 Å². The molecule has 3 aromatic carbocycles. The van der Waals surface area contributed by atoms with Crippen LogP contribution in [0.1, 0.15) is 27.8 Å². The summed E-state index contributed by atoms with van der Waals surface area (Å²) in [7, 11) is 0. The van der Waals surface area contributed by atoms with E-state index in [9.17, 15) is 14.4 Å². The first kappa shape index (κ1) is 24.5. The van der Waals surface area contributed by atoms with Crippen LogP contribution in [0.4, 0.5) is 10.5 Å². The molecule has 0 aliphatic carbocycles. The molecule has 1 aliphatic rings. The average Bonchev–Trinajstić information content (AvgIpc) is 2.77. The summed E-state index contributed by atoms with van der Waals surface area (Å²) in [6, 6.07) is 15.1. The number of ether oxygens (including phenoxy) is 1. The fourth-order valence-corrected chi connectivity index (χ4v) is 4.24. The van der Waals surface area contributed by atoms with E-state index < -0.39 is 17.8 Å². The van der Waals surface area contributed by atoms with Crippen molar-refractivity contribution in [1.82, 2.24) is 5.32 Å². The summed E-state index contributed by atoms with van der Waals surface area (Å²) in [5.74, 6) is -1.08. The van der Waals surface area contributed by atoms with E-state index in [4.69, 9.17) is 27.9 Å². The summed E-state index contributed by atoms with van der Waals surface area (Å²) in [4.78, 5) is 38.8. The Balaban J connectivity index is 1.57. The standard InChI is InChI=1S/C27H22Cl2N2O4/c1-15-8-16(2)10-19(9-15)14-35-24-7-5-18(12-23(24)29)11-21-25(32)30-27(34)31(26(21)33)20-6-4-17(3)22(28)13-20/h4-13H,14H2,1-3H3,(H,30,32,34)/b21-11+. The molecule has 1 heterocycles. The number of hydrogen-bond acceptors (Lipinski definition) is 4. The highest BCUT2D eigenvalue weighted by Crippen LogP contribution is 2.29. The molecule has 0 atom stereocenters. The fraction of sp³-hybridized carbons (Fsp3) is 0.148. The number of halogens is 2. The first-order chi connectivity index (χ1) is 16.6. The minimum absolute atomic E-state index is 0.207. The largest absolute Gasteiger partial charge is 0.487 e. The minimum atomic E-state index is -0.842. The molecule has 0 bridgehead atoms. The monoisotopic (exact) mass is 508 g/mol.